The number of allylic oxidation sites excluding steroid dienone is 1. The summed E-state index contributed by atoms with van der Waals surface area (Å²) >= 11 is 0. The lowest BCUT2D eigenvalue weighted by Gasteiger charge is -2.48. The average Bonchev–Trinajstić information content (AvgIpc) is 3.65. The van der Waals surface area contributed by atoms with Crippen LogP contribution in [0.1, 0.15) is 62.8 Å². The predicted molar refractivity (Wildman–Crippen MR) is 245 cm³/mol. The highest BCUT2D eigenvalue weighted by atomic mass is 28.4. The van der Waals surface area contributed by atoms with Gasteiger partial charge >= 0.3 is 6.09 Å². The highest BCUT2D eigenvalue weighted by Gasteiger charge is 2.41. The molecule has 6 aromatic rings. The van der Waals surface area contributed by atoms with E-state index in [2.05, 4.69) is 85.5 Å². The van der Waals surface area contributed by atoms with Crippen molar-refractivity contribution >= 4 is 48.1 Å². The smallest absolute Gasteiger partial charge is 0.412 e. The van der Waals surface area contributed by atoms with Crippen LogP contribution in [0, 0.1) is 5.92 Å². The van der Waals surface area contributed by atoms with Crippen LogP contribution in [0.15, 0.2) is 102 Å². The fourth-order valence-electron chi connectivity index (χ4n) is 8.62. The van der Waals surface area contributed by atoms with Crippen LogP contribution in [0.4, 0.5) is 10.5 Å². The number of nitrogens with zero attached hydrogens (tertiary/aromatic N) is 5. The SMILES string of the molecule is CC(C)(C)[Si](C)(C)O[C@@H](CNCc1ccc2nn(CCC=Cc3ccc(-c4ccccc4)c(N(C(=O)O)[C@H]4CN5CCC4CC5)c3)nc2c1)c1ccc(O)c2[nH]c(=O)ccc12. The van der Waals surface area contributed by atoms with Gasteiger partial charge in [-0.2, -0.15) is 15.0 Å². The zero-order valence-corrected chi connectivity index (χ0v) is 36.8. The molecule has 3 fully saturated rings. The van der Waals surface area contributed by atoms with Gasteiger partial charge in [-0.3, -0.25) is 9.69 Å². The molecule has 3 aliphatic rings. The van der Waals surface area contributed by atoms with E-state index in [4.69, 9.17) is 14.6 Å². The summed E-state index contributed by atoms with van der Waals surface area (Å²) in [4.78, 5) is 33.7. The molecule has 4 aromatic carbocycles. The first kappa shape index (κ1) is 42.1. The number of aryl methyl sites for hydroxylation is 1. The molecule has 3 aliphatic heterocycles. The minimum atomic E-state index is -2.22. The first-order chi connectivity index (χ1) is 29.2. The molecule has 1 amide bonds. The molecule has 2 bridgehead atoms. The van der Waals surface area contributed by atoms with E-state index in [0.717, 1.165) is 82.4 Å². The highest BCUT2D eigenvalue weighted by Crippen LogP contribution is 2.42. The van der Waals surface area contributed by atoms with Crippen molar-refractivity contribution in [3.8, 4) is 16.9 Å². The second-order valence-electron chi connectivity index (χ2n) is 18.1. The number of anilines is 1. The third kappa shape index (κ3) is 9.20. The molecule has 0 radical (unpaired) electrons. The number of piperidine rings is 3. The number of hydrogen-bond acceptors (Lipinski definition) is 8. The normalized spacial score (nSPS) is 18.6. The fraction of sp³-hybridized carbons (Fsp3) is 0.375. The number of amides is 1. The van der Waals surface area contributed by atoms with Crippen LogP contribution < -0.4 is 15.8 Å². The van der Waals surface area contributed by atoms with Crippen molar-refractivity contribution in [1.82, 2.24) is 30.2 Å². The minimum absolute atomic E-state index is 0.0207. The second-order valence-corrected chi connectivity index (χ2v) is 22.8. The molecule has 0 saturated carbocycles. The topological polar surface area (TPSA) is 149 Å². The third-order valence-corrected chi connectivity index (χ3v) is 17.5. The lowest BCUT2D eigenvalue weighted by atomic mass is 9.82. The number of phenolic OH excluding ortho intramolecular Hbond substituents is 1. The number of aromatic nitrogens is 4. The monoisotopic (exact) mass is 839 g/mol. The average molecular weight is 840 g/mol. The number of rotatable bonds is 14. The first-order valence-electron chi connectivity index (χ1n) is 21.4. The Morgan fingerprint density at radius 2 is 1.77 bits per heavy atom. The van der Waals surface area contributed by atoms with Crippen LogP contribution in [0.5, 0.6) is 5.75 Å². The van der Waals surface area contributed by atoms with E-state index < -0.39 is 14.4 Å². The molecule has 0 unspecified atom stereocenters. The van der Waals surface area contributed by atoms with Gasteiger partial charge in [0.1, 0.15) is 16.8 Å². The number of carboxylic acid groups (broad SMARTS) is 1. The number of H-pyrrole nitrogens is 1. The maximum absolute atomic E-state index is 13.0. The minimum Gasteiger partial charge on any atom is -0.506 e. The van der Waals surface area contributed by atoms with Gasteiger partial charge in [0.15, 0.2) is 8.32 Å². The summed E-state index contributed by atoms with van der Waals surface area (Å²) in [7, 11) is -2.22. The molecule has 12 nitrogen and oxygen atoms in total. The first-order valence-corrected chi connectivity index (χ1v) is 24.3. The summed E-state index contributed by atoms with van der Waals surface area (Å²) in [5.41, 5.74) is 7.34. The van der Waals surface area contributed by atoms with Gasteiger partial charge in [-0.05, 0) is 109 Å². The van der Waals surface area contributed by atoms with Crippen molar-refractivity contribution in [2.75, 3.05) is 31.1 Å². The van der Waals surface area contributed by atoms with E-state index >= 15 is 0 Å². The van der Waals surface area contributed by atoms with Gasteiger partial charge in [0.25, 0.3) is 0 Å². The molecule has 61 heavy (non-hydrogen) atoms. The molecule has 2 aromatic heterocycles. The number of pyridine rings is 1. The van der Waals surface area contributed by atoms with Crippen molar-refractivity contribution in [2.24, 2.45) is 5.92 Å². The van der Waals surface area contributed by atoms with Crippen molar-refractivity contribution in [1.29, 1.82) is 0 Å². The maximum Gasteiger partial charge on any atom is 0.412 e. The summed E-state index contributed by atoms with van der Waals surface area (Å²) in [6.07, 6.45) is 5.69. The van der Waals surface area contributed by atoms with Crippen LogP contribution in [0.2, 0.25) is 18.1 Å². The molecule has 2 atom stereocenters. The summed E-state index contributed by atoms with van der Waals surface area (Å²) in [6, 6.07) is 29.0. The van der Waals surface area contributed by atoms with Gasteiger partial charge in [0.05, 0.1) is 29.9 Å². The number of fused-ring (bicyclic) bond motifs is 5. The quantitative estimate of drug-likeness (QED) is 0.0788. The van der Waals surface area contributed by atoms with E-state index in [1.54, 1.807) is 21.8 Å². The number of hydrogen-bond donors (Lipinski definition) is 4. The van der Waals surface area contributed by atoms with Gasteiger partial charge in [-0.25, -0.2) is 4.79 Å². The molecule has 3 saturated heterocycles. The van der Waals surface area contributed by atoms with Crippen LogP contribution in [-0.4, -0.2) is 81.7 Å². The zero-order valence-electron chi connectivity index (χ0n) is 35.8. The van der Waals surface area contributed by atoms with Gasteiger partial charge < -0.3 is 29.8 Å². The van der Waals surface area contributed by atoms with Crippen LogP contribution in [0.25, 0.3) is 39.1 Å². The highest BCUT2D eigenvalue weighted by molar-refractivity contribution is 6.74. The molecule has 5 heterocycles. The van der Waals surface area contributed by atoms with Gasteiger partial charge in [-0.1, -0.05) is 87.5 Å². The Balaban J connectivity index is 0.946. The summed E-state index contributed by atoms with van der Waals surface area (Å²) in [5.74, 6) is 0.388. The van der Waals surface area contributed by atoms with E-state index in [1.807, 2.05) is 48.5 Å². The van der Waals surface area contributed by atoms with Crippen molar-refractivity contribution < 1.29 is 19.4 Å². The number of aromatic hydroxyl groups is 1. The van der Waals surface area contributed by atoms with Crippen LogP contribution in [0.3, 0.4) is 0 Å². The number of nitrogens with one attached hydrogen (secondary N) is 2. The number of aromatic amines is 1. The van der Waals surface area contributed by atoms with E-state index in [9.17, 15) is 19.8 Å². The molecule has 9 rings (SSSR count). The lowest BCUT2D eigenvalue weighted by Crippen LogP contribution is -2.59. The Bertz CT molecular complexity index is 2610. The maximum atomic E-state index is 13.0. The second kappa shape index (κ2) is 17.4. The zero-order chi connectivity index (χ0) is 42.9. The third-order valence-electron chi connectivity index (χ3n) is 13.0. The van der Waals surface area contributed by atoms with Crippen molar-refractivity contribution in [2.45, 2.75) is 83.4 Å². The number of carbonyl (C=O) groups is 1. The Labute approximate surface area is 358 Å². The number of phenols is 1. The Kier molecular flexibility index (Phi) is 12.0. The van der Waals surface area contributed by atoms with Gasteiger partial charge in [-0.15, -0.1) is 0 Å². The molecule has 318 valence electrons. The van der Waals surface area contributed by atoms with Gasteiger partial charge in [0, 0.05) is 36.7 Å². The van der Waals surface area contributed by atoms with E-state index in [-0.39, 0.29) is 28.5 Å². The standard InChI is InChI=1S/C48H57N7O5Si/c1-48(2,3)61(4,5)60-44(37-17-20-43(56)46-38(37)18-21-45(57)50-46)30-49-29-33-15-19-39-40(27-33)52-54(51-39)24-10-9-11-32-14-16-36(34-12-7-6-8-13-34)41(28-32)55(47(58)59)42-31-53-25-22-35(42)23-26-53/h6-9,11-21,27-28,35,42,44,49,56H,10,22-26,29-31H2,1-5H3,(H,50,57)(H,58,59)/t42-,44-/m0/s1. The largest absolute Gasteiger partial charge is 0.506 e. The molecule has 13 heteroatoms. The Morgan fingerprint density at radius 3 is 2.49 bits per heavy atom. The van der Waals surface area contributed by atoms with Crippen LogP contribution >= 0.6 is 0 Å². The van der Waals surface area contributed by atoms with E-state index in [1.165, 1.54) is 6.07 Å². The molecule has 0 aliphatic carbocycles. The fourth-order valence-corrected chi connectivity index (χ4v) is 9.90. The molecule has 4 N–H and O–H groups in total. The predicted octanol–water partition coefficient (Wildman–Crippen LogP) is 9.18. The Morgan fingerprint density at radius 1 is 1.00 bits per heavy atom. The summed E-state index contributed by atoms with van der Waals surface area (Å²) in [6.45, 7) is 15.6. The summed E-state index contributed by atoms with van der Waals surface area (Å²) < 4.78 is 6.98. The number of benzene rings is 4. The summed E-state index contributed by atoms with van der Waals surface area (Å²) in [5, 5.41) is 35.1. The molecular weight excluding hydrogens is 783 g/mol. The van der Waals surface area contributed by atoms with E-state index in [0.29, 0.717) is 37.5 Å². The van der Waals surface area contributed by atoms with Crippen LogP contribution in [-0.2, 0) is 17.5 Å². The molecular formula is C48H57N7O5Si. The lowest BCUT2D eigenvalue weighted by molar-refractivity contribution is 0.0838. The molecule has 0 spiro atoms. The van der Waals surface area contributed by atoms with Crippen molar-refractivity contribution in [3.05, 3.63) is 124 Å². The Hall–Kier alpha value is -5.60. The van der Waals surface area contributed by atoms with Crippen molar-refractivity contribution in [3.63, 3.8) is 0 Å². The van der Waals surface area contributed by atoms with Gasteiger partial charge in [0.2, 0.25) is 5.56 Å².